The Bertz CT molecular complexity index is 523. The average Bonchev–Trinajstić information content (AvgIpc) is 2.17. The Kier molecular flexibility index (Phi) is 3.88. The van der Waals surface area contributed by atoms with Crippen LogP contribution in [0.5, 0.6) is 0 Å². The number of benzene rings is 1. The van der Waals surface area contributed by atoms with Crippen LogP contribution in [0.3, 0.4) is 0 Å². The molecular weight excluding hydrogens is 294 g/mol. The van der Waals surface area contributed by atoms with Gasteiger partial charge >= 0.3 is 0 Å². The van der Waals surface area contributed by atoms with Gasteiger partial charge in [-0.3, -0.25) is 4.79 Å². The Morgan fingerprint density at radius 3 is 2.31 bits per heavy atom. The summed E-state index contributed by atoms with van der Waals surface area (Å²) in [6, 6.07) is 4.40. The average molecular weight is 306 g/mol. The van der Waals surface area contributed by atoms with Crippen LogP contribution in [0.1, 0.15) is 17.3 Å². The molecule has 0 aliphatic carbocycles. The van der Waals surface area contributed by atoms with Crippen molar-refractivity contribution in [3.63, 3.8) is 0 Å². The van der Waals surface area contributed by atoms with Crippen LogP contribution in [0.25, 0.3) is 0 Å². The zero-order valence-corrected chi connectivity index (χ0v) is 11.6. The van der Waals surface area contributed by atoms with E-state index < -0.39 is 10.0 Å². The van der Waals surface area contributed by atoms with Gasteiger partial charge in [0.2, 0.25) is 10.0 Å². The van der Waals surface area contributed by atoms with Gasteiger partial charge in [-0.1, -0.05) is 15.9 Å². The number of halogens is 1. The lowest BCUT2D eigenvalue weighted by molar-refractivity contribution is 0.101. The first-order chi connectivity index (χ1) is 7.26. The molecule has 0 aromatic heterocycles. The van der Waals surface area contributed by atoms with Gasteiger partial charge in [0.1, 0.15) is 0 Å². The predicted octanol–water partition coefficient (Wildman–Crippen LogP) is 1.90. The van der Waals surface area contributed by atoms with Gasteiger partial charge in [-0.25, -0.2) is 12.7 Å². The van der Waals surface area contributed by atoms with Gasteiger partial charge in [-0.05, 0) is 25.1 Å². The monoisotopic (exact) mass is 305 g/mol. The number of nitrogens with zero attached hydrogens (tertiary/aromatic N) is 1. The molecular formula is C10H12BrNO3S. The maximum atomic E-state index is 11.8. The van der Waals surface area contributed by atoms with Crippen molar-refractivity contribution in [3.05, 3.63) is 28.2 Å². The highest BCUT2D eigenvalue weighted by Gasteiger charge is 2.19. The highest BCUT2D eigenvalue weighted by atomic mass is 79.9. The van der Waals surface area contributed by atoms with Gasteiger partial charge in [-0.15, -0.1) is 0 Å². The molecule has 0 aliphatic heterocycles. The molecule has 0 saturated carbocycles. The fourth-order valence-electron chi connectivity index (χ4n) is 1.15. The van der Waals surface area contributed by atoms with E-state index in [0.717, 1.165) is 4.31 Å². The smallest absolute Gasteiger partial charge is 0.242 e. The van der Waals surface area contributed by atoms with Crippen molar-refractivity contribution in [2.45, 2.75) is 11.8 Å². The molecule has 0 atom stereocenters. The first-order valence-electron chi connectivity index (χ1n) is 4.50. The Balaban J connectivity index is 3.40. The fourth-order valence-corrected chi connectivity index (χ4v) is 2.60. The second-order valence-electron chi connectivity index (χ2n) is 3.49. The third-order valence-electron chi connectivity index (χ3n) is 2.10. The lowest BCUT2D eigenvalue weighted by Gasteiger charge is -2.12. The number of hydrogen-bond donors (Lipinski definition) is 0. The summed E-state index contributed by atoms with van der Waals surface area (Å²) in [5, 5.41) is 0. The summed E-state index contributed by atoms with van der Waals surface area (Å²) >= 11 is 3.21. The molecule has 0 amide bonds. The van der Waals surface area contributed by atoms with Crippen molar-refractivity contribution in [3.8, 4) is 0 Å². The molecule has 0 bridgehead atoms. The minimum Gasteiger partial charge on any atom is -0.294 e. The van der Waals surface area contributed by atoms with E-state index in [-0.39, 0.29) is 10.7 Å². The number of rotatable bonds is 3. The van der Waals surface area contributed by atoms with E-state index in [1.54, 1.807) is 6.07 Å². The first kappa shape index (κ1) is 13.3. The summed E-state index contributed by atoms with van der Waals surface area (Å²) in [5.74, 6) is -0.178. The van der Waals surface area contributed by atoms with Crippen LogP contribution in [0, 0.1) is 0 Å². The van der Waals surface area contributed by atoms with Crippen molar-refractivity contribution in [2.24, 2.45) is 0 Å². The largest absolute Gasteiger partial charge is 0.294 e. The van der Waals surface area contributed by atoms with Crippen LogP contribution < -0.4 is 0 Å². The predicted molar refractivity (Wildman–Crippen MR) is 65.0 cm³/mol. The number of Topliss-reactive ketones (excluding diaryl/α,β-unsaturated/α-hetero) is 1. The van der Waals surface area contributed by atoms with Crippen LogP contribution >= 0.6 is 15.9 Å². The van der Waals surface area contributed by atoms with Gasteiger partial charge in [0.05, 0.1) is 4.90 Å². The van der Waals surface area contributed by atoms with Crippen molar-refractivity contribution in [1.29, 1.82) is 0 Å². The van der Waals surface area contributed by atoms with Crippen molar-refractivity contribution < 1.29 is 13.2 Å². The molecule has 4 nitrogen and oxygen atoms in total. The molecule has 0 fully saturated rings. The molecule has 1 aromatic carbocycles. The number of carbonyl (C=O) groups excluding carboxylic acids is 1. The second kappa shape index (κ2) is 4.65. The van der Waals surface area contributed by atoms with Gasteiger partial charge in [0.15, 0.2) is 5.78 Å². The minimum absolute atomic E-state index is 0.117. The van der Waals surface area contributed by atoms with Gasteiger partial charge in [-0.2, -0.15) is 0 Å². The molecule has 0 N–H and O–H groups in total. The molecule has 0 unspecified atom stereocenters. The SMILES string of the molecule is CC(=O)c1cc(S(=O)(=O)N(C)C)ccc1Br. The van der Waals surface area contributed by atoms with E-state index in [0.29, 0.717) is 10.0 Å². The maximum Gasteiger partial charge on any atom is 0.242 e. The number of sulfonamides is 1. The van der Waals surface area contributed by atoms with Crippen molar-refractivity contribution in [2.75, 3.05) is 14.1 Å². The van der Waals surface area contributed by atoms with Crippen LogP contribution in [-0.4, -0.2) is 32.6 Å². The fraction of sp³-hybridized carbons (Fsp3) is 0.300. The zero-order valence-electron chi connectivity index (χ0n) is 9.19. The van der Waals surface area contributed by atoms with Crippen LogP contribution in [0.4, 0.5) is 0 Å². The molecule has 16 heavy (non-hydrogen) atoms. The zero-order chi connectivity index (χ0) is 12.5. The summed E-state index contributed by atoms with van der Waals surface area (Å²) in [6.07, 6.45) is 0. The normalized spacial score (nSPS) is 11.8. The highest BCUT2D eigenvalue weighted by Crippen LogP contribution is 2.22. The molecule has 0 spiro atoms. The number of carbonyl (C=O) groups is 1. The third kappa shape index (κ3) is 2.50. The van der Waals surface area contributed by atoms with Crippen molar-refractivity contribution >= 4 is 31.7 Å². The van der Waals surface area contributed by atoms with E-state index in [4.69, 9.17) is 0 Å². The summed E-state index contributed by atoms with van der Waals surface area (Å²) < 4.78 is 25.3. The standard InChI is InChI=1S/C10H12BrNO3S/c1-7(13)9-6-8(4-5-10(9)11)16(14,15)12(2)3/h4-6H,1-3H3. The molecule has 0 radical (unpaired) electrons. The topological polar surface area (TPSA) is 54.5 Å². The van der Waals surface area contributed by atoms with E-state index in [9.17, 15) is 13.2 Å². The van der Waals surface area contributed by atoms with E-state index >= 15 is 0 Å². The van der Waals surface area contributed by atoms with Gasteiger partial charge in [0.25, 0.3) is 0 Å². The quantitative estimate of drug-likeness (QED) is 0.802. The molecule has 0 aliphatic rings. The van der Waals surface area contributed by atoms with E-state index in [1.165, 1.54) is 33.2 Å². The molecule has 0 heterocycles. The number of hydrogen-bond acceptors (Lipinski definition) is 3. The van der Waals surface area contributed by atoms with Crippen LogP contribution in [0.2, 0.25) is 0 Å². The Morgan fingerprint density at radius 1 is 1.31 bits per heavy atom. The molecule has 6 heteroatoms. The summed E-state index contributed by atoms with van der Waals surface area (Å²) in [6.45, 7) is 1.39. The van der Waals surface area contributed by atoms with Crippen LogP contribution in [-0.2, 0) is 10.0 Å². The molecule has 0 saturated heterocycles. The van der Waals surface area contributed by atoms with Gasteiger partial charge < -0.3 is 0 Å². The summed E-state index contributed by atoms with van der Waals surface area (Å²) in [4.78, 5) is 11.4. The molecule has 88 valence electrons. The second-order valence-corrected chi connectivity index (χ2v) is 6.49. The maximum absolute atomic E-state index is 11.8. The summed E-state index contributed by atoms with van der Waals surface area (Å²) in [5.41, 5.74) is 0.364. The van der Waals surface area contributed by atoms with E-state index in [1.807, 2.05) is 0 Å². The van der Waals surface area contributed by atoms with E-state index in [2.05, 4.69) is 15.9 Å². The molecule has 1 aromatic rings. The Hall–Kier alpha value is -0.720. The third-order valence-corrected chi connectivity index (χ3v) is 4.60. The highest BCUT2D eigenvalue weighted by molar-refractivity contribution is 9.10. The van der Waals surface area contributed by atoms with Crippen molar-refractivity contribution in [1.82, 2.24) is 4.31 Å². The van der Waals surface area contributed by atoms with Crippen LogP contribution in [0.15, 0.2) is 27.6 Å². The first-order valence-corrected chi connectivity index (χ1v) is 6.73. The summed E-state index contributed by atoms with van der Waals surface area (Å²) in [7, 11) is -0.591. The lowest BCUT2D eigenvalue weighted by atomic mass is 10.1. The van der Waals surface area contributed by atoms with Gasteiger partial charge in [0, 0.05) is 24.1 Å². The minimum atomic E-state index is -3.49. The molecule has 1 rings (SSSR count). The Labute approximate surface area is 103 Å². The lowest BCUT2D eigenvalue weighted by Crippen LogP contribution is -2.22. The Morgan fingerprint density at radius 2 is 1.88 bits per heavy atom. The number of ketones is 1.